The van der Waals surface area contributed by atoms with Gasteiger partial charge in [0.25, 0.3) is 17.7 Å². The quantitative estimate of drug-likeness (QED) is 0.0241. The molecule has 570 valence electrons. The van der Waals surface area contributed by atoms with E-state index in [4.69, 9.17) is 16.2 Å². The molecule has 2 aliphatic carbocycles. The van der Waals surface area contributed by atoms with Crippen LogP contribution in [0.2, 0.25) is 0 Å². The number of β-amino-alcohol motifs (C(OH)–C–C–N with tert-alkyl or cyclic N) is 2. The van der Waals surface area contributed by atoms with Gasteiger partial charge in [0.05, 0.1) is 60.3 Å². The number of nitrogens with two attached hydrogens (primary N) is 2. The van der Waals surface area contributed by atoms with Crippen LogP contribution in [0, 0.1) is 23.7 Å². The number of primary amides is 2. The van der Waals surface area contributed by atoms with Gasteiger partial charge in [-0.05, 0) is 153 Å². The van der Waals surface area contributed by atoms with Crippen LogP contribution in [0.1, 0.15) is 165 Å². The fourth-order valence-corrected chi connectivity index (χ4v) is 15.7. The van der Waals surface area contributed by atoms with Gasteiger partial charge in [0.1, 0.15) is 30.1 Å². The molecule has 24 heteroatoms. The normalized spacial score (nSPS) is 20.8. The summed E-state index contributed by atoms with van der Waals surface area (Å²) in [4.78, 5) is 138. The van der Waals surface area contributed by atoms with Crippen LogP contribution in [0.5, 0.6) is 0 Å². The van der Waals surface area contributed by atoms with Crippen LogP contribution in [0.25, 0.3) is 21.8 Å². The van der Waals surface area contributed by atoms with Gasteiger partial charge in [-0.15, -0.1) is 0 Å². The molecule has 2 aromatic heterocycles. The summed E-state index contributed by atoms with van der Waals surface area (Å²) in [6.45, 7) is 16.4. The van der Waals surface area contributed by atoms with Crippen molar-refractivity contribution in [3.05, 3.63) is 156 Å². The zero-order chi connectivity index (χ0) is 76.4. The third kappa shape index (κ3) is 22.5. The number of benzene rings is 4. The van der Waals surface area contributed by atoms with E-state index < -0.39 is 120 Å². The number of fused-ring (bicyclic) bond motifs is 4. The number of rotatable bonds is 28. The lowest BCUT2D eigenvalue weighted by atomic mass is 9.72. The second-order valence-corrected chi connectivity index (χ2v) is 31.2. The van der Waals surface area contributed by atoms with Gasteiger partial charge in [-0.1, -0.05) is 148 Å². The standard InChI is InChI=1S/C42H56N6O7.C40H54N6O5/c1-5-55-26-38(51)48(41(54)32-20-19-28-15-11-12-18-31(28)44-32)35(23-37(43)50)39(52)45-33(21-27-13-7-6-8-14-27)36(49)25-47-24-30-17-10-9-16-29(30)22-34(47)40(53)46-42(2,3)4;1-5-46(39(51)31-20-19-27-15-11-12-18-30(27)42-31)34(23-36(41)48)37(49)43-32(21-26-13-7-6-8-14-26)35(47)25-45-24-29-17-10-9-16-28(29)22-33(45)38(50)44-40(2,3)4/h6-8,11-15,18-20,29-30,33-36,49H,5,9-10,16-17,21-26H2,1-4H3,(H2,43,50)(H,45,52)(H,46,53);6-8,11-15,18-20,28-29,32-35,47H,5,9-10,16-17,21-25H2,1-4H3,(H2,41,48)(H,43,49)(H,44,50). The SMILES string of the molecule is CCN(C(=O)c1ccc2ccccc2n1)C(CC(N)=O)C(=O)NC(Cc1ccccc1)C(O)CN1CC2CCCCC2CC1C(=O)NC(C)(C)C.CCOCC(=O)N(C(=O)c1ccc2ccccc2n1)C(CC(N)=O)C(=O)NC(Cc1ccccc1)C(O)CN1CC2CCCCC2CC1C(=O)NC(C)(C)C. The number of imide groups is 1. The Kier molecular flexibility index (Phi) is 28.6. The molecule has 12 atom stereocenters. The molecule has 0 radical (unpaired) electrons. The van der Waals surface area contributed by atoms with Crippen molar-refractivity contribution in [2.75, 3.05) is 45.9 Å². The van der Waals surface area contributed by atoms with Crippen LogP contribution in [-0.2, 0) is 51.1 Å². The highest BCUT2D eigenvalue weighted by molar-refractivity contribution is 6.09. The molecule has 2 saturated heterocycles. The zero-order valence-electron chi connectivity index (χ0n) is 62.8. The minimum Gasteiger partial charge on any atom is -0.390 e. The maximum absolute atomic E-state index is 14.4. The molecule has 0 bridgehead atoms. The molecule has 0 spiro atoms. The first kappa shape index (κ1) is 81.0. The second kappa shape index (κ2) is 37.5. The number of hydrogen-bond donors (Lipinski definition) is 8. The van der Waals surface area contributed by atoms with Gasteiger partial charge >= 0.3 is 0 Å². The number of aliphatic hydroxyl groups is 2. The van der Waals surface area contributed by atoms with E-state index in [1.165, 1.54) is 17.4 Å². The minimum atomic E-state index is -1.68. The average molecular weight is 1460 g/mol. The van der Waals surface area contributed by atoms with Gasteiger partial charge in [-0.25, -0.2) is 9.97 Å². The van der Waals surface area contributed by atoms with Gasteiger partial charge < -0.3 is 52.6 Å². The number of amides is 9. The molecular formula is C82H110N12O12. The zero-order valence-corrected chi connectivity index (χ0v) is 62.8. The summed E-state index contributed by atoms with van der Waals surface area (Å²) in [5.74, 6) is -3.81. The van der Waals surface area contributed by atoms with E-state index in [0.717, 1.165) is 73.3 Å². The van der Waals surface area contributed by atoms with Crippen molar-refractivity contribution in [2.45, 2.75) is 205 Å². The number of aliphatic hydroxyl groups excluding tert-OH is 2. The molecule has 10 N–H and O–H groups in total. The molecule has 2 aliphatic heterocycles. The Bertz CT molecular complexity index is 4000. The summed E-state index contributed by atoms with van der Waals surface area (Å²) in [6.07, 6.45) is 7.45. The smallest absolute Gasteiger partial charge is 0.279 e. The number of ether oxygens (including phenoxy) is 1. The van der Waals surface area contributed by atoms with Crippen molar-refractivity contribution < 1.29 is 58.1 Å². The molecule has 106 heavy (non-hydrogen) atoms. The molecule has 10 rings (SSSR count). The Labute approximate surface area is 622 Å². The number of aromatic nitrogens is 2. The van der Waals surface area contributed by atoms with E-state index in [1.807, 2.05) is 137 Å². The van der Waals surface area contributed by atoms with E-state index >= 15 is 0 Å². The molecular weight excluding hydrogens is 1340 g/mol. The topological polar surface area (TPSA) is 342 Å². The molecule has 9 amide bonds. The van der Waals surface area contributed by atoms with E-state index in [9.17, 15) is 53.4 Å². The summed E-state index contributed by atoms with van der Waals surface area (Å²) >= 11 is 0. The summed E-state index contributed by atoms with van der Waals surface area (Å²) in [5.41, 5.74) is 13.3. The second-order valence-electron chi connectivity index (χ2n) is 31.2. The van der Waals surface area contributed by atoms with Crippen LogP contribution in [0.3, 0.4) is 0 Å². The third-order valence-corrected chi connectivity index (χ3v) is 20.9. The predicted molar refractivity (Wildman–Crippen MR) is 406 cm³/mol. The van der Waals surface area contributed by atoms with Crippen molar-refractivity contribution in [1.82, 2.24) is 50.8 Å². The van der Waals surface area contributed by atoms with Crippen LogP contribution >= 0.6 is 0 Å². The first-order chi connectivity index (χ1) is 50.6. The Morgan fingerprint density at radius 3 is 1.34 bits per heavy atom. The maximum atomic E-state index is 14.4. The number of likely N-dealkylation sites (N-methyl/N-ethyl adjacent to an activating group) is 1. The molecule has 4 aliphatic rings. The van der Waals surface area contributed by atoms with Gasteiger partial charge in [-0.3, -0.25) is 57.9 Å². The largest absolute Gasteiger partial charge is 0.390 e. The predicted octanol–water partition coefficient (Wildman–Crippen LogP) is 7.19. The highest BCUT2D eigenvalue weighted by Crippen LogP contribution is 2.41. The maximum Gasteiger partial charge on any atom is 0.279 e. The van der Waals surface area contributed by atoms with Gasteiger partial charge in [0.2, 0.25) is 35.4 Å². The fraction of sp³-hybridized carbons (Fsp3) is 0.524. The summed E-state index contributed by atoms with van der Waals surface area (Å²) in [6, 6.07) is 34.4. The van der Waals surface area contributed by atoms with Crippen molar-refractivity contribution >= 4 is 75.0 Å². The number of pyridine rings is 2. The van der Waals surface area contributed by atoms with Crippen LogP contribution < -0.4 is 32.7 Å². The number of carbonyl (C=O) groups is 9. The van der Waals surface area contributed by atoms with E-state index in [0.29, 0.717) is 65.5 Å². The Morgan fingerprint density at radius 1 is 0.528 bits per heavy atom. The van der Waals surface area contributed by atoms with Crippen molar-refractivity contribution in [2.24, 2.45) is 35.1 Å². The van der Waals surface area contributed by atoms with Gasteiger partial charge in [0.15, 0.2) is 0 Å². The van der Waals surface area contributed by atoms with Crippen LogP contribution in [0.15, 0.2) is 133 Å². The lowest BCUT2D eigenvalue weighted by Crippen LogP contribution is -2.61. The number of carbonyl (C=O) groups excluding carboxylic acids is 9. The van der Waals surface area contributed by atoms with Crippen molar-refractivity contribution in [3.63, 3.8) is 0 Å². The third-order valence-electron chi connectivity index (χ3n) is 20.9. The summed E-state index contributed by atoms with van der Waals surface area (Å²) < 4.78 is 5.36. The fourth-order valence-electron chi connectivity index (χ4n) is 15.7. The Morgan fingerprint density at radius 2 is 0.925 bits per heavy atom. The number of nitrogens with zero attached hydrogens (tertiary/aromatic N) is 6. The molecule has 4 heterocycles. The monoisotopic (exact) mass is 1450 g/mol. The number of likely N-dealkylation sites (tertiary alicyclic amines) is 2. The summed E-state index contributed by atoms with van der Waals surface area (Å²) in [7, 11) is 0. The minimum absolute atomic E-state index is 0.0525. The average Bonchev–Trinajstić information content (AvgIpc) is 0.811. The van der Waals surface area contributed by atoms with Gasteiger partial charge in [0, 0.05) is 61.2 Å². The van der Waals surface area contributed by atoms with Crippen molar-refractivity contribution in [1.29, 1.82) is 0 Å². The van der Waals surface area contributed by atoms with Crippen molar-refractivity contribution in [3.8, 4) is 0 Å². The molecule has 4 aromatic carbocycles. The van der Waals surface area contributed by atoms with Gasteiger partial charge in [-0.2, -0.15) is 0 Å². The number of nitrogens with one attached hydrogen (secondary N) is 4. The Hall–Kier alpha value is -9.07. The summed E-state index contributed by atoms with van der Waals surface area (Å²) in [5, 5.41) is 37.9. The molecule has 4 fully saturated rings. The van der Waals surface area contributed by atoms with Crippen LogP contribution in [0.4, 0.5) is 0 Å². The number of hydrogen-bond acceptors (Lipinski definition) is 16. The molecule has 12 unspecified atom stereocenters. The Balaban J connectivity index is 0.000000246. The van der Waals surface area contributed by atoms with E-state index in [-0.39, 0.29) is 55.9 Å². The number of piperidine rings is 2. The molecule has 2 saturated carbocycles. The number of para-hydroxylation sites is 2. The van der Waals surface area contributed by atoms with Crippen LogP contribution in [-0.4, -0.2) is 198 Å². The first-order valence-corrected chi connectivity index (χ1v) is 37.8. The highest BCUT2D eigenvalue weighted by Gasteiger charge is 2.46. The lowest BCUT2D eigenvalue weighted by Gasteiger charge is -2.47. The molecule has 24 nitrogen and oxygen atoms in total. The first-order valence-electron chi connectivity index (χ1n) is 37.8. The van der Waals surface area contributed by atoms with E-state index in [1.54, 1.807) is 50.2 Å². The lowest BCUT2D eigenvalue weighted by molar-refractivity contribution is -0.142. The molecule has 6 aromatic rings. The van der Waals surface area contributed by atoms with E-state index in [2.05, 4.69) is 36.1 Å². The highest BCUT2D eigenvalue weighted by atomic mass is 16.5.